The summed E-state index contributed by atoms with van der Waals surface area (Å²) >= 11 is 6.53. The number of carbonyl (C=O) groups excluding carboxylic acids is 1. The number of phenolic OH excluding ortho intramolecular Hbond substituents is 1. The first-order valence-corrected chi connectivity index (χ1v) is 14.0. The molecule has 0 atom stereocenters. The zero-order chi connectivity index (χ0) is 30.0. The second kappa shape index (κ2) is 9.90. The molecule has 6 rings (SSSR count). The van der Waals surface area contributed by atoms with Crippen LogP contribution >= 0.6 is 11.6 Å². The topological polar surface area (TPSA) is 92.8 Å². The molecule has 218 valence electrons. The van der Waals surface area contributed by atoms with Crippen molar-refractivity contribution in [3.05, 3.63) is 82.4 Å². The van der Waals surface area contributed by atoms with Crippen LogP contribution in [0.5, 0.6) is 5.75 Å². The van der Waals surface area contributed by atoms with Crippen molar-refractivity contribution < 1.29 is 19.0 Å². The highest BCUT2D eigenvalue weighted by atomic mass is 35.5. The highest BCUT2D eigenvalue weighted by Crippen LogP contribution is 2.44. The Kier molecular flexibility index (Phi) is 6.57. The molecular weight excluding hydrogens is 561 g/mol. The molecule has 2 aromatic heterocycles. The second-order valence-corrected chi connectivity index (χ2v) is 12.6. The molecule has 11 heteroatoms. The van der Waals surface area contributed by atoms with Gasteiger partial charge in [-0.15, -0.1) is 0 Å². The number of carbonyl (C=O) groups is 1. The fourth-order valence-electron chi connectivity index (χ4n) is 5.66. The van der Waals surface area contributed by atoms with Gasteiger partial charge in [0, 0.05) is 68.4 Å². The molecule has 1 spiro atoms. The van der Waals surface area contributed by atoms with E-state index in [1.807, 2.05) is 26.8 Å². The molecule has 0 unspecified atom stereocenters. The minimum atomic E-state index is -0.531. The predicted octanol–water partition coefficient (Wildman–Crippen LogP) is 5.46. The van der Waals surface area contributed by atoms with E-state index in [4.69, 9.17) is 16.3 Å². The zero-order valence-electron chi connectivity index (χ0n) is 23.8. The summed E-state index contributed by atoms with van der Waals surface area (Å²) in [5.74, 6) is 0.0938. The minimum Gasteiger partial charge on any atom is -0.507 e. The quantitative estimate of drug-likeness (QED) is 0.339. The van der Waals surface area contributed by atoms with Gasteiger partial charge < -0.3 is 24.2 Å². The molecule has 2 aliphatic rings. The molecule has 42 heavy (non-hydrogen) atoms. The number of aryl methyl sites for hydroxylation is 1. The number of benzene rings is 2. The summed E-state index contributed by atoms with van der Waals surface area (Å²) in [5.41, 5.74) is 1.43. The molecule has 4 heterocycles. The summed E-state index contributed by atoms with van der Waals surface area (Å²) in [6.07, 6.45) is 4.58. The van der Waals surface area contributed by atoms with E-state index in [-0.39, 0.29) is 33.5 Å². The van der Waals surface area contributed by atoms with Crippen molar-refractivity contribution in [3.63, 3.8) is 0 Å². The molecular formula is C31H31ClFN5O4. The molecule has 2 fully saturated rings. The molecule has 0 radical (unpaired) electrons. The first-order chi connectivity index (χ1) is 19.8. The average molecular weight is 592 g/mol. The van der Waals surface area contributed by atoms with Gasteiger partial charge >= 0.3 is 11.8 Å². The number of rotatable bonds is 4. The number of pyridine rings is 1. The molecule has 2 aliphatic heterocycles. The summed E-state index contributed by atoms with van der Waals surface area (Å²) in [5, 5.41) is 11.6. The van der Waals surface area contributed by atoms with Crippen molar-refractivity contribution in [2.45, 2.75) is 26.4 Å². The number of nitrogens with zero attached hydrogens (tertiary/aromatic N) is 5. The van der Waals surface area contributed by atoms with Gasteiger partial charge in [0.15, 0.2) is 0 Å². The van der Waals surface area contributed by atoms with Crippen LogP contribution in [0.1, 0.15) is 20.8 Å². The maximum atomic E-state index is 14.9. The standard InChI is InChI=1S/C31H31ClFN5O4/c1-30(2,3)42-29(41)37-17-31(18-37)15-36(16-31)26-12-20(7-8-34-26)23-14-21(33)13-22(27(23)39)19-5-6-25(24(32)11-19)38-10-9-35(4)28(38)40/h5-14,39H,15-18H2,1-4H3. The van der Waals surface area contributed by atoms with Crippen molar-refractivity contribution in [1.29, 1.82) is 0 Å². The van der Waals surface area contributed by atoms with Crippen LogP contribution in [0.25, 0.3) is 27.9 Å². The summed E-state index contributed by atoms with van der Waals surface area (Å²) in [7, 11) is 1.64. The van der Waals surface area contributed by atoms with Crippen molar-refractivity contribution >= 4 is 23.5 Å². The fraction of sp³-hybridized carbons (Fsp3) is 0.323. The fourth-order valence-corrected chi connectivity index (χ4v) is 5.93. The molecule has 2 aromatic carbocycles. The maximum Gasteiger partial charge on any atom is 0.410 e. The van der Waals surface area contributed by atoms with Crippen molar-refractivity contribution in [1.82, 2.24) is 19.0 Å². The average Bonchev–Trinajstić information content (AvgIpc) is 3.20. The van der Waals surface area contributed by atoms with Crippen LogP contribution in [0.3, 0.4) is 0 Å². The second-order valence-electron chi connectivity index (χ2n) is 12.2. The van der Waals surface area contributed by atoms with E-state index in [0.29, 0.717) is 41.3 Å². The Labute approximate surface area is 247 Å². The number of imidazole rings is 1. The number of halogens is 2. The number of phenols is 1. The van der Waals surface area contributed by atoms with Gasteiger partial charge in [0.25, 0.3) is 0 Å². The van der Waals surface area contributed by atoms with E-state index >= 15 is 0 Å². The number of ether oxygens (including phenoxy) is 1. The van der Waals surface area contributed by atoms with Crippen LogP contribution in [0.15, 0.2) is 65.8 Å². The van der Waals surface area contributed by atoms with Crippen LogP contribution in [-0.4, -0.2) is 62.0 Å². The van der Waals surface area contributed by atoms with Crippen LogP contribution < -0.4 is 10.6 Å². The van der Waals surface area contributed by atoms with Crippen LogP contribution in [0.4, 0.5) is 15.0 Å². The van der Waals surface area contributed by atoms with Gasteiger partial charge in [-0.2, -0.15) is 0 Å². The number of hydrogen-bond acceptors (Lipinski definition) is 6. The van der Waals surface area contributed by atoms with Crippen LogP contribution in [0, 0.1) is 11.2 Å². The third-order valence-corrected chi connectivity index (χ3v) is 7.98. The van der Waals surface area contributed by atoms with Gasteiger partial charge in [0.1, 0.15) is 23.0 Å². The van der Waals surface area contributed by atoms with Crippen molar-refractivity contribution in [2.75, 3.05) is 31.1 Å². The minimum absolute atomic E-state index is 0.0130. The Morgan fingerprint density at radius 2 is 1.69 bits per heavy atom. The lowest BCUT2D eigenvalue weighted by molar-refractivity contribution is -0.0454. The van der Waals surface area contributed by atoms with Crippen molar-refractivity contribution in [3.8, 4) is 33.7 Å². The summed E-state index contributed by atoms with van der Waals surface area (Å²) < 4.78 is 23.2. The van der Waals surface area contributed by atoms with E-state index in [2.05, 4.69) is 9.88 Å². The van der Waals surface area contributed by atoms with Gasteiger partial charge in [-0.25, -0.2) is 19.0 Å². The van der Waals surface area contributed by atoms with E-state index in [0.717, 1.165) is 13.1 Å². The summed E-state index contributed by atoms with van der Waals surface area (Å²) in [6.45, 7) is 8.28. The first-order valence-electron chi connectivity index (χ1n) is 13.6. The lowest BCUT2D eigenvalue weighted by Crippen LogP contribution is -2.73. The number of aromatic nitrogens is 3. The molecule has 1 amide bonds. The Bertz CT molecular complexity index is 1760. The van der Waals surface area contributed by atoms with Crippen LogP contribution in [-0.2, 0) is 11.8 Å². The van der Waals surface area contributed by atoms with Crippen LogP contribution in [0.2, 0.25) is 5.02 Å². The van der Waals surface area contributed by atoms with E-state index in [1.54, 1.807) is 54.8 Å². The zero-order valence-corrected chi connectivity index (χ0v) is 24.5. The summed E-state index contributed by atoms with van der Waals surface area (Å²) in [4.78, 5) is 33.0. The molecule has 4 aromatic rings. The Morgan fingerprint density at radius 3 is 2.29 bits per heavy atom. The Hall–Kier alpha value is -4.31. The Balaban J connectivity index is 1.21. The molecule has 9 nitrogen and oxygen atoms in total. The van der Waals surface area contributed by atoms with E-state index in [1.165, 1.54) is 21.3 Å². The Morgan fingerprint density at radius 1 is 1.02 bits per heavy atom. The van der Waals surface area contributed by atoms with Gasteiger partial charge in [-0.1, -0.05) is 17.7 Å². The molecule has 0 saturated carbocycles. The van der Waals surface area contributed by atoms with Crippen molar-refractivity contribution in [2.24, 2.45) is 12.5 Å². The number of anilines is 1. The maximum absolute atomic E-state index is 14.9. The van der Waals surface area contributed by atoms with E-state index < -0.39 is 11.4 Å². The molecule has 0 aliphatic carbocycles. The third-order valence-electron chi connectivity index (χ3n) is 7.68. The smallest absolute Gasteiger partial charge is 0.410 e. The van der Waals surface area contributed by atoms with Gasteiger partial charge in [0.2, 0.25) is 0 Å². The molecule has 0 bridgehead atoms. The summed E-state index contributed by atoms with van der Waals surface area (Å²) in [6, 6.07) is 11.1. The molecule has 2 saturated heterocycles. The number of amides is 1. The first kappa shape index (κ1) is 27.8. The lowest BCUT2D eigenvalue weighted by Gasteiger charge is -2.60. The van der Waals surface area contributed by atoms with Gasteiger partial charge in [-0.05, 0) is 68.3 Å². The van der Waals surface area contributed by atoms with E-state index in [9.17, 15) is 19.1 Å². The number of aromatic hydroxyl groups is 1. The highest BCUT2D eigenvalue weighted by Gasteiger charge is 2.54. The number of hydrogen-bond donors (Lipinski definition) is 1. The van der Waals surface area contributed by atoms with Gasteiger partial charge in [0.05, 0.1) is 10.7 Å². The largest absolute Gasteiger partial charge is 0.507 e. The normalized spacial score (nSPS) is 15.9. The lowest BCUT2D eigenvalue weighted by atomic mass is 9.73. The number of likely N-dealkylation sites (tertiary alicyclic amines) is 1. The monoisotopic (exact) mass is 591 g/mol. The third kappa shape index (κ3) is 5.00. The highest BCUT2D eigenvalue weighted by molar-refractivity contribution is 6.32. The predicted molar refractivity (Wildman–Crippen MR) is 159 cm³/mol. The van der Waals surface area contributed by atoms with Gasteiger partial charge in [-0.3, -0.25) is 4.57 Å². The molecule has 1 N–H and O–H groups in total. The SMILES string of the molecule is Cn1ccn(-c2ccc(-c3cc(F)cc(-c4ccnc(N5CC6(CN(C(=O)OC(C)(C)C)C6)C5)c4)c3O)cc2Cl)c1=O.